The van der Waals surface area contributed by atoms with Crippen molar-refractivity contribution in [3.63, 3.8) is 0 Å². The zero-order chi connectivity index (χ0) is 11.4. The zero-order valence-corrected chi connectivity index (χ0v) is 10.4. The van der Waals surface area contributed by atoms with Crippen LogP contribution in [-0.2, 0) is 0 Å². The largest absolute Gasteiger partial charge is 0.311 e. The normalized spacial score (nSPS) is 26.9. The van der Waals surface area contributed by atoms with Crippen molar-refractivity contribution in [2.24, 2.45) is 0 Å². The molecule has 0 saturated heterocycles. The fourth-order valence-corrected chi connectivity index (χ4v) is 2.74. The van der Waals surface area contributed by atoms with Gasteiger partial charge in [-0.05, 0) is 37.7 Å². The van der Waals surface area contributed by atoms with Gasteiger partial charge in [0.05, 0.1) is 0 Å². The van der Waals surface area contributed by atoms with Crippen molar-refractivity contribution in [2.75, 3.05) is 0 Å². The lowest BCUT2D eigenvalue weighted by Gasteiger charge is -2.24. The fourth-order valence-electron chi connectivity index (χ4n) is 2.74. The highest BCUT2D eigenvalue weighted by Gasteiger charge is 2.28. The van der Waals surface area contributed by atoms with E-state index in [1.165, 1.54) is 31.2 Å². The Morgan fingerprint density at radius 3 is 2.69 bits per heavy atom. The van der Waals surface area contributed by atoms with Gasteiger partial charge in [-0.1, -0.05) is 43.7 Å². The minimum atomic E-state index is 0.648. The van der Waals surface area contributed by atoms with Gasteiger partial charge < -0.3 is 5.32 Å². The van der Waals surface area contributed by atoms with E-state index in [4.69, 9.17) is 0 Å². The lowest BCUT2D eigenvalue weighted by Crippen LogP contribution is -2.37. The molecule has 1 aliphatic carbocycles. The summed E-state index contributed by atoms with van der Waals surface area (Å²) in [4.78, 5) is 0. The first kappa shape index (κ1) is 11.7. The van der Waals surface area contributed by atoms with E-state index in [1.54, 1.807) is 0 Å². The summed E-state index contributed by atoms with van der Waals surface area (Å²) in [5, 5.41) is 3.78. The van der Waals surface area contributed by atoms with Crippen LogP contribution in [0.1, 0.15) is 51.0 Å². The lowest BCUT2D eigenvalue weighted by molar-refractivity contribution is 0.413. The molecule has 0 radical (unpaired) electrons. The zero-order valence-electron chi connectivity index (χ0n) is 10.4. The summed E-state index contributed by atoms with van der Waals surface area (Å²) in [6, 6.07) is 12.3. The summed E-state index contributed by atoms with van der Waals surface area (Å²) < 4.78 is 0. The summed E-state index contributed by atoms with van der Waals surface area (Å²) in [5.74, 6) is 0.732. The molecule has 0 spiro atoms. The highest BCUT2D eigenvalue weighted by atomic mass is 15.0. The molecule has 16 heavy (non-hydrogen) atoms. The maximum Gasteiger partial charge on any atom is 0.0138 e. The third-order valence-corrected chi connectivity index (χ3v) is 3.85. The molecule has 0 bridgehead atoms. The Hall–Kier alpha value is -0.820. The van der Waals surface area contributed by atoms with Gasteiger partial charge in [0.1, 0.15) is 0 Å². The molecule has 1 heteroatoms. The van der Waals surface area contributed by atoms with E-state index in [0.29, 0.717) is 12.1 Å². The molecule has 1 nitrogen and oxygen atoms in total. The number of rotatable bonds is 4. The molecule has 0 amide bonds. The van der Waals surface area contributed by atoms with Crippen LogP contribution in [0.25, 0.3) is 0 Å². The van der Waals surface area contributed by atoms with Crippen LogP contribution in [0.5, 0.6) is 0 Å². The summed E-state index contributed by atoms with van der Waals surface area (Å²) >= 11 is 0. The smallest absolute Gasteiger partial charge is 0.0138 e. The molecule has 1 aromatic rings. The van der Waals surface area contributed by atoms with Gasteiger partial charge in [0.25, 0.3) is 0 Å². The Labute approximate surface area is 99.3 Å². The van der Waals surface area contributed by atoms with Crippen LogP contribution >= 0.6 is 0 Å². The van der Waals surface area contributed by atoms with Crippen molar-refractivity contribution in [3.8, 4) is 0 Å². The van der Waals surface area contributed by atoms with Crippen molar-refractivity contribution in [2.45, 2.75) is 57.5 Å². The number of hydrogen-bond acceptors (Lipinski definition) is 1. The molecule has 1 aliphatic rings. The molecule has 2 rings (SSSR count). The molecule has 1 fully saturated rings. The van der Waals surface area contributed by atoms with E-state index < -0.39 is 0 Å². The molecular weight excluding hydrogens is 194 g/mol. The maximum atomic E-state index is 3.78. The van der Waals surface area contributed by atoms with Gasteiger partial charge in [-0.25, -0.2) is 0 Å². The first-order chi connectivity index (χ1) is 7.81. The van der Waals surface area contributed by atoms with Crippen LogP contribution in [0, 0.1) is 0 Å². The first-order valence-electron chi connectivity index (χ1n) is 6.62. The Morgan fingerprint density at radius 2 is 2.00 bits per heavy atom. The highest BCUT2D eigenvalue weighted by molar-refractivity contribution is 5.22. The third kappa shape index (κ3) is 2.65. The molecule has 3 unspecified atom stereocenters. The topological polar surface area (TPSA) is 12.0 Å². The fraction of sp³-hybridized carbons (Fsp3) is 0.600. The monoisotopic (exact) mass is 217 g/mol. The molecule has 0 aromatic heterocycles. The van der Waals surface area contributed by atoms with Gasteiger partial charge in [-0.3, -0.25) is 0 Å². The van der Waals surface area contributed by atoms with Crippen LogP contribution in [-0.4, -0.2) is 12.1 Å². The number of nitrogens with one attached hydrogen (secondary N) is 1. The van der Waals surface area contributed by atoms with Crippen molar-refractivity contribution < 1.29 is 0 Å². The Kier molecular flexibility index (Phi) is 4.00. The van der Waals surface area contributed by atoms with Gasteiger partial charge >= 0.3 is 0 Å². The summed E-state index contributed by atoms with van der Waals surface area (Å²) in [5.41, 5.74) is 1.51. The summed E-state index contributed by atoms with van der Waals surface area (Å²) in [6.45, 7) is 4.55. The number of benzene rings is 1. The molecule has 88 valence electrons. The highest BCUT2D eigenvalue weighted by Crippen LogP contribution is 2.34. The van der Waals surface area contributed by atoms with E-state index in [0.717, 1.165) is 5.92 Å². The van der Waals surface area contributed by atoms with Crippen LogP contribution in [0.4, 0.5) is 0 Å². The van der Waals surface area contributed by atoms with Crippen molar-refractivity contribution in [3.05, 3.63) is 35.9 Å². The van der Waals surface area contributed by atoms with Gasteiger partial charge in [-0.2, -0.15) is 0 Å². The maximum absolute atomic E-state index is 3.78. The second-order valence-corrected chi connectivity index (χ2v) is 5.03. The predicted molar refractivity (Wildman–Crippen MR) is 69.7 cm³/mol. The van der Waals surface area contributed by atoms with Crippen molar-refractivity contribution >= 4 is 0 Å². The molecule has 1 aromatic carbocycles. The standard InChI is InChI=1S/C15H23N/c1-3-12(2)16-15-11-7-10-14(15)13-8-5-4-6-9-13/h4-6,8-9,12,14-16H,3,7,10-11H2,1-2H3. The number of hydrogen-bond donors (Lipinski definition) is 1. The lowest BCUT2D eigenvalue weighted by atomic mass is 9.93. The minimum Gasteiger partial charge on any atom is -0.311 e. The molecule has 0 aliphatic heterocycles. The van der Waals surface area contributed by atoms with E-state index in [9.17, 15) is 0 Å². The SMILES string of the molecule is CCC(C)NC1CCCC1c1ccccc1. The molecule has 0 heterocycles. The van der Waals surface area contributed by atoms with E-state index in [1.807, 2.05) is 0 Å². The quantitative estimate of drug-likeness (QED) is 0.810. The van der Waals surface area contributed by atoms with Gasteiger partial charge in [-0.15, -0.1) is 0 Å². The van der Waals surface area contributed by atoms with Crippen molar-refractivity contribution in [1.29, 1.82) is 0 Å². The second kappa shape index (κ2) is 5.49. The molecule has 1 saturated carbocycles. The van der Waals surface area contributed by atoms with Gasteiger partial charge in [0.15, 0.2) is 0 Å². The van der Waals surface area contributed by atoms with Crippen molar-refractivity contribution in [1.82, 2.24) is 5.32 Å². The average molecular weight is 217 g/mol. The molecule has 1 N–H and O–H groups in total. The third-order valence-electron chi connectivity index (χ3n) is 3.85. The average Bonchev–Trinajstić information content (AvgIpc) is 2.78. The van der Waals surface area contributed by atoms with Gasteiger partial charge in [0, 0.05) is 12.1 Å². The first-order valence-corrected chi connectivity index (χ1v) is 6.62. The predicted octanol–water partition coefficient (Wildman–Crippen LogP) is 3.71. The van der Waals surface area contributed by atoms with Crippen LogP contribution in [0.3, 0.4) is 0 Å². The van der Waals surface area contributed by atoms with Crippen LogP contribution < -0.4 is 5.32 Å². The van der Waals surface area contributed by atoms with E-state index in [2.05, 4.69) is 49.5 Å². The molecule has 3 atom stereocenters. The Bertz CT molecular complexity index is 306. The second-order valence-electron chi connectivity index (χ2n) is 5.03. The Balaban J connectivity index is 2.04. The summed E-state index contributed by atoms with van der Waals surface area (Å²) in [6.07, 6.45) is 5.27. The van der Waals surface area contributed by atoms with E-state index >= 15 is 0 Å². The molecular formula is C15H23N. The van der Waals surface area contributed by atoms with E-state index in [-0.39, 0.29) is 0 Å². The Morgan fingerprint density at radius 1 is 1.25 bits per heavy atom. The van der Waals surface area contributed by atoms with Crippen LogP contribution in [0.15, 0.2) is 30.3 Å². The summed E-state index contributed by atoms with van der Waals surface area (Å²) in [7, 11) is 0. The minimum absolute atomic E-state index is 0.648. The van der Waals surface area contributed by atoms with Gasteiger partial charge in [0.2, 0.25) is 0 Å². The van der Waals surface area contributed by atoms with Crippen LogP contribution in [0.2, 0.25) is 0 Å².